The lowest BCUT2D eigenvalue weighted by Gasteiger charge is -2.34. The summed E-state index contributed by atoms with van der Waals surface area (Å²) in [7, 11) is -3.76. The summed E-state index contributed by atoms with van der Waals surface area (Å²) in [5, 5.41) is 4.00. The average molecular weight is 399 g/mol. The van der Waals surface area contributed by atoms with Crippen LogP contribution in [0.5, 0.6) is 0 Å². The molecule has 1 saturated carbocycles. The molecule has 2 aromatic heterocycles. The van der Waals surface area contributed by atoms with Crippen molar-refractivity contribution in [1.29, 1.82) is 0 Å². The van der Waals surface area contributed by atoms with Gasteiger partial charge in [0.15, 0.2) is 0 Å². The molecule has 28 heavy (non-hydrogen) atoms. The van der Waals surface area contributed by atoms with Crippen LogP contribution in [0.25, 0.3) is 11.5 Å². The predicted octanol–water partition coefficient (Wildman–Crippen LogP) is 2.97. The first-order chi connectivity index (χ1) is 13.5. The van der Waals surface area contributed by atoms with Gasteiger partial charge in [0.05, 0.1) is 11.1 Å². The van der Waals surface area contributed by atoms with E-state index in [2.05, 4.69) is 24.8 Å². The summed E-state index contributed by atoms with van der Waals surface area (Å²) < 4.78 is 34.7. The van der Waals surface area contributed by atoms with E-state index in [9.17, 15) is 8.42 Å². The van der Waals surface area contributed by atoms with Gasteiger partial charge in [-0.25, -0.2) is 13.4 Å². The Morgan fingerprint density at radius 2 is 1.89 bits per heavy atom. The highest BCUT2D eigenvalue weighted by Gasteiger charge is 2.43. The Bertz CT molecular complexity index is 1060. The highest BCUT2D eigenvalue weighted by molar-refractivity contribution is 7.89. The summed E-state index contributed by atoms with van der Waals surface area (Å²) in [6, 6.07) is 6.91. The molecule has 0 saturated heterocycles. The molecule has 146 valence electrons. The lowest BCUT2D eigenvalue weighted by Crippen LogP contribution is -2.47. The van der Waals surface area contributed by atoms with E-state index in [1.165, 1.54) is 0 Å². The van der Waals surface area contributed by atoms with Crippen molar-refractivity contribution in [2.45, 2.75) is 49.5 Å². The van der Waals surface area contributed by atoms with Crippen molar-refractivity contribution < 1.29 is 12.9 Å². The van der Waals surface area contributed by atoms with Gasteiger partial charge in [-0.15, -0.1) is 0 Å². The van der Waals surface area contributed by atoms with E-state index >= 15 is 0 Å². The molecule has 1 aliphatic carbocycles. The normalized spacial score (nSPS) is 16.8. The smallest absolute Gasteiger partial charge is 0.248 e. The highest BCUT2D eigenvalue weighted by Crippen LogP contribution is 2.38. The molecule has 0 atom stereocenters. The van der Waals surface area contributed by atoms with Gasteiger partial charge < -0.3 is 4.52 Å². The second-order valence-corrected chi connectivity index (χ2v) is 8.68. The summed E-state index contributed by atoms with van der Waals surface area (Å²) in [6.07, 6.45) is 8.63. The summed E-state index contributed by atoms with van der Waals surface area (Å²) in [5.41, 5.74) is 0.240. The maximum absolute atomic E-state index is 13.2. The number of nitrogens with one attached hydrogen (secondary N) is 1. The molecule has 1 N–H and O–H groups in total. The number of benzene rings is 1. The zero-order chi connectivity index (χ0) is 19.6. The molecule has 3 aromatic rings. The average Bonchev–Trinajstić information content (AvgIpc) is 3.20. The third kappa shape index (κ3) is 3.55. The number of aromatic nitrogens is 4. The lowest BCUT2D eigenvalue weighted by molar-refractivity contribution is 0.199. The molecule has 0 bridgehead atoms. The van der Waals surface area contributed by atoms with Gasteiger partial charge in [0.25, 0.3) is 0 Å². The Labute approximate surface area is 163 Å². The molecule has 8 nitrogen and oxygen atoms in total. The third-order valence-electron chi connectivity index (χ3n) is 5.05. The Kier molecular flexibility index (Phi) is 4.94. The Morgan fingerprint density at radius 3 is 2.61 bits per heavy atom. The van der Waals surface area contributed by atoms with Gasteiger partial charge in [-0.2, -0.15) is 9.71 Å². The van der Waals surface area contributed by atoms with Crippen molar-refractivity contribution in [1.82, 2.24) is 24.8 Å². The maximum atomic E-state index is 13.2. The topological polar surface area (TPSA) is 111 Å². The Morgan fingerprint density at radius 1 is 1.11 bits per heavy atom. The summed E-state index contributed by atoms with van der Waals surface area (Å²) in [5.74, 6) is 0.563. The van der Waals surface area contributed by atoms with Gasteiger partial charge in [-0.1, -0.05) is 42.6 Å². The zero-order valence-corrected chi connectivity index (χ0v) is 16.3. The number of sulfonamides is 1. The molecule has 0 radical (unpaired) electrons. The number of aryl methyl sites for hydroxylation is 1. The van der Waals surface area contributed by atoms with Gasteiger partial charge in [-0.05, 0) is 31.4 Å². The van der Waals surface area contributed by atoms with Gasteiger partial charge in [0, 0.05) is 12.4 Å². The van der Waals surface area contributed by atoms with Crippen LogP contribution in [-0.4, -0.2) is 28.5 Å². The van der Waals surface area contributed by atoms with Crippen LogP contribution in [0.15, 0.2) is 52.3 Å². The van der Waals surface area contributed by atoms with Gasteiger partial charge >= 0.3 is 0 Å². The monoisotopic (exact) mass is 399 g/mol. The highest BCUT2D eigenvalue weighted by atomic mass is 32.2. The minimum atomic E-state index is -3.76. The number of nitrogens with zero attached hydrogens (tertiary/aromatic N) is 4. The van der Waals surface area contributed by atoms with Crippen LogP contribution < -0.4 is 4.72 Å². The number of rotatable bonds is 5. The molecule has 2 heterocycles. The second kappa shape index (κ2) is 7.40. The first kappa shape index (κ1) is 18.7. The van der Waals surface area contributed by atoms with Crippen LogP contribution in [0.4, 0.5) is 0 Å². The fraction of sp³-hybridized carbons (Fsp3) is 0.368. The van der Waals surface area contributed by atoms with E-state index in [1.807, 2.05) is 6.07 Å². The van der Waals surface area contributed by atoms with Crippen LogP contribution in [0, 0.1) is 6.92 Å². The number of hydrogen-bond acceptors (Lipinski definition) is 7. The first-order valence-corrected chi connectivity index (χ1v) is 10.7. The summed E-state index contributed by atoms with van der Waals surface area (Å²) in [6.45, 7) is 1.78. The maximum Gasteiger partial charge on any atom is 0.248 e. The predicted molar refractivity (Wildman–Crippen MR) is 102 cm³/mol. The lowest BCUT2D eigenvalue weighted by atomic mass is 9.82. The molecule has 0 aliphatic heterocycles. The Hall–Kier alpha value is -2.65. The first-order valence-electron chi connectivity index (χ1n) is 9.20. The summed E-state index contributed by atoms with van der Waals surface area (Å²) in [4.78, 5) is 12.9. The van der Waals surface area contributed by atoms with Crippen molar-refractivity contribution in [3.05, 3.63) is 54.3 Å². The third-order valence-corrected chi connectivity index (χ3v) is 6.74. The van der Waals surface area contributed by atoms with Crippen molar-refractivity contribution in [3.8, 4) is 11.5 Å². The fourth-order valence-corrected chi connectivity index (χ4v) is 5.29. The largest absolute Gasteiger partial charge is 0.337 e. The molecule has 0 spiro atoms. The minimum Gasteiger partial charge on any atom is -0.337 e. The SMILES string of the molecule is Cc1ccccc1S(=O)(=O)NC1(c2nc(-c3cnccn3)no2)CCCCC1. The molecule has 1 fully saturated rings. The minimum absolute atomic E-state index is 0.258. The van der Waals surface area contributed by atoms with Crippen molar-refractivity contribution in [2.75, 3.05) is 0 Å². The van der Waals surface area contributed by atoms with E-state index in [0.29, 0.717) is 29.9 Å². The molecule has 1 aliphatic rings. The van der Waals surface area contributed by atoms with Crippen LogP contribution in [0.1, 0.15) is 43.6 Å². The van der Waals surface area contributed by atoms with Gasteiger partial charge in [-0.3, -0.25) is 4.98 Å². The second-order valence-electron chi connectivity index (χ2n) is 7.03. The van der Waals surface area contributed by atoms with Crippen LogP contribution in [-0.2, 0) is 15.6 Å². The van der Waals surface area contributed by atoms with Crippen molar-refractivity contribution >= 4 is 10.0 Å². The number of hydrogen-bond donors (Lipinski definition) is 1. The molecule has 0 unspecified atom stereocenters. The van der Waals surface area contributed by atoms with Gasteiger partial charge in [0.1, 0.15) is 11.2 Å². The summed E-state index contributed by atoms with van der Waals surface area (Å²) >= 11 is 0. The van der Waals surface area contributed by atoms with E-state index in [1.54, 1.807) is 43.7 Å². The van der Waals surface area contributed by atoms with Crippen molar-refractivity contribution in [3.63, 3.8) is 0 Å². The Balaban J connectivity index is 1.72. The molecular weight excluding hydrogens is 378 g/mol. The van der Waals surface area contributed by atoms with Crippen LogP contribution >= 0.6 is 0 Å². The standard InChI is InChI=1S/C19H21N5O3S/c1-14-7-3-4-8-16(14)28(25,26)24-19(9-5-2-6-10-19)18-22-17(23-27-18)15-13-20-11-12-21-15/h3-4,7-8,11-13,24H,2,5-6,9-10H2,1H3. The van der Waals surface area contributed by atoms with E-state index < -0.39 is 15.6 Å². The van der Waals surface area contributed by atoms with E-state index in [4.69, 9.17) is 4.52 Å². The van der Waals surface area contributed by atoms with Crippen molar-refractivity contribution in [2.24, 2.45) is 0 Å². The van der Waals surface area contributed by atoms with E-state index in [-0.39, 0.29) is 10.8 Å². The molecular formula is C19H21N5O3S. The van der Waals surface area contributed by atoms with E-state index in [0.717, 1.165) is 19.3 Å². The van der Waals surface area contributed by atoms with Crippen LogP contribution in [0.2, 0.25) is 0 Å². The zero-order valence-electron chi connectivity index (χ0n) is 15.5. The fourth-order valence-electron chi connectivity index (χ4n) is 3.62. The molecule has 0 amide bonds. The quantitative estimate of drug-likeness (QED) is 0.702. The molecule has 1 aromatic carbocycles. The van der Waals surface area contributed by atoms with Gasteiger partial charge in [0.2, 0.25) is 21.7 Å². The van der Waals surface area contributed by atoms with Crippen LogP contribution in [0.3, 0.4) is 0 Å². The molecule has 4 rings (SSSR count). The molecule has 9 heteroatoms.